The number of aromatic nitrogens is 1. The summed E-state index contributed by atoms with van der Waals surface area (Å²) >= 11 is 0. The van der Waals surface area contributed by atoms with Crippen LogP contribution in [0, 0.1) is 5.21 Å². The van der Waals surface area contributed by atoms with E-state index in [1.165, 1.54) is 11.8 Å². The maximum absolute atomic E-state index is 11.0. The van der Waals surface area contributed by atoms with Gasteiger partial charge >= 0.3 is 0 Å². The molecule has 3 heteroatoms. The Hall–Kier alpha value is -1.09. The van der Waals surface area contributed by atoms with Gasteiger partial charge in [0.2, 0.25) is 0 Å². The maximum Gasteiger partial charge on any atom is 0.183 e. The van der Waals surface area contributed by atoms with Crippen LogP contribution in [0.3, 0.4) is 0 Å². The lowest BCUT2D eigenvalue weighted by Crippen LogP contribution is -2.29. The van der Waals surface area contributed by atoms with Crippen LogP contribution in [0.4, 0.5) is 0 Å². The largest absolute Gasteiger partial charge is 0.619 e. The first-order valence-electron chi connectivity index (χ1n) is 4.76. The van der Waals surface area contributed by atoms with Gasteiger partial charge in [-0.1, -0.05) is 0 Å². The summed E-state index contributed by atoms with van der Waals surface area (Å²) in [4.78, 5) is 0. The number of piperidine rings is 1. The summed E-state index contributed by atoms with van der Waals surface area (Å²) in [5, 5.41) is 14.3. The fraction of sp³-hybridized carbons (Fsp3) is 0.500. The molecule has 0 spiro atoms. The first kappa shape index (κ1) is 8.51. The zero-order valence-corrected chi connectivity index (χ0v) is 7.57. The Morgan fingerprint density at radius 1 is 1.38 bits per heavy atom. The van der Waals surface area contributed by atoms with E-state index in [0.29, 0.717) is 5.92 Å². The van der Waals surface area contributed by atoms with Crippen LogP contribution in [0.2, 0.25) is 0 Å². The van der Waals surface area contributed by atoms with E-state index in [1.54, 1.807) is 6.20 Å². The number of rotatable bonds is 1. The molecule has 0 unspecified atom stereocenters. The second kappa shape index (κ2) is 3.75. The predicted octanol–water partition coefficient (Wildman–Crippen LogP) is 0.787. The number of nitrogens with zero attached hydrogens (tertiary/aromatic N) is 1. The van der Waals surface area contributed by atoms with Gasteiger partial charge in [-0.05, 0) is 37.9 Å². The molecule has 2 heterocycles. The molecule has 1 saturated heterocycles. The second-order valence-electron chi connectivity index (χ2n) is 3.52. The molecule has 13 heavy (non-hydrogen) atoms. The predicted molar refractivity (Wildman–Crippen MR) is 50.2 cm³/mol. The lowest BCUT2D eigenvalue weighted by molar-refractivity contribution is -0.606. The zero-order chi connectivity index (χ0) is 9.10. The second-order valence-corrected chi connectivity index (χ2v) is 3.52. The number of hydrogen-bond donors (Lipinski definition) is 1. The number of nitrogens with one attached hydrogen (secondary N) is 1. The van der Waals surface area contributed by atoms with Crippen molar-refractivity contribution in [2.24, 2.45) is 0 Å². The van der Waals surface area contributed by atoms with Gasteiger partial charge in [-0.3, -0.25) is 0 Å². The van der Waals surface area contributed by atoms with Crippen LogP contribution in [0.25, 0.3) is 0 Å². The Balaban J connectivity index is 2.14. The highest BCUT2D eigenvalue weighted by molar-refractivity contribution is 5.13. The molecule has 1 aromatic rings. The van der Waals surface area contributed by atoms with E-state index in [2.05, 4.69) is 5.32 Å². The molecule has 0 saturated carbocycles. The fourth-order valence-corrected chi connectivity index (χ4v) is 1.87. The van der Waals surface area contributed by atoms with Crippen molar-refractivity contribution in [3.63, 3.8) is 0 Å². The van der Waals surface area contributed by atoms with Gasteiger partial charge in [0.05, 0.1) is 0 Å². The molecule has 1 aliphatic heterocycles. The standard InChI is InChI=1S/C10H14N2O/c13-12-7-1-2-10(8-12)9-3-5-11-6-4-9/h1-2,7-9,11H,3-6H2. The summed E-state index contributed by atoms with van der Waals surface area (Å²) in [6.07, 6.45) is 5.51. The smallest absolute Gasteiger partial charge is 0.183 e. The highest BCUT2D eigenvalue weighted by Gasteiger charge is 2.16. The van der Waals surface area contributed by atoms with E-state index < -0.39 is 0 Å². The highest BCUT2D eigenvalue weighted by Crippen LogP contribution is 2.23. The van der Waals surface area contributed by atoms with Gasteiger partial charge in [-0.25, -0.2) is 0 Å². The van der Waals surface area contributed by atoms with Crippen LogP contribution < -0.4 is 10.0 Å². The van der Waals surface area contributed by atoms with Gasteiger partial charge in [-0.15, -0.1) is 0 Å². The molecular formula is C10H14N2O. The monoisotopic (exact) mass is 178 g/mol. The molecular weight excluding hydrogens is 164 g/mol. The lowest BCUT2D eigenvalue weighted by Gasteiger charge is -2.21. The van der Waals surface area contributed by atoms with E-state index in [4.69, 9.17) is 0 Å². The minimum atomic E-state index is 0.572. The topological polar surface area (TPSA) is 39.0 Å². The first-order valence-corrected chi connectivity index (χ1v) is 4.76. The molecule has 2 rings (SSSR count). The molecule has 3 nitrogen and oxygen atoms in total. The molecule has 0 bridgehead atoms. The van der Waals surface area contributed by atoms with Crippen molar-refractivity contribution in [3.8, 4) is 0 Å². The van der Waals surface area contributed by atoms with Crippen LogP contribution in [-0.2, 0) is 0 Å². The molecule has 1 aromatic heterocycles. The van der Waals surface area contributed by atoms with Gasteiger partial charge in [-0.2, -0.15) is 4.73 Å². The molecule has 1 aliphatic rings. The van der Waals surface area contributed by atoms with E-state index in [-0.39, 0.29) is 0 Å². The van der Waals surface area contributed by atoms with E-state index in [0.717, 1.165) is 30.7 Å². The minimum absolute atomic E-state index is 0.572. The minimum Gasteiger partial charge on any atom is -0.619 e. The van der Waals surface area contributed by atoms with Gasteiger partial charge in [0.25, 0.3) is 0 Å². The van der Waals surface area contributed by atoms with Crippen molar-refractivity contribution >= 4 is 0 Å². The van der Waals surface area contributed by atoms with Crippen molar-refractivity contribution < 1.29 is 4.73 Å². The maximum atomic E-state index is 11.0. The lowest BCUT2D eigenvalue weighted by atomic mass is 9.91. The van der Waals surface area contributed by atoms with Crippen molar-refractivity contribution in [3.05, 3.63) is 35.3 Å². The number of hydrogen-bond acceptors (Lipinski definition) is 2. The quantitative estimate of drug-likeness (QED) is 0.510. The van der Waals surface area contributed by atoms with Gasteiger partial charge in [0.1, 0.15) is 0 Å². The highest BCUT2D eigenvalue weighted by atomic mass is 16.5. The SMILES string of the molecule is [O-][n+]1cccc(C2CCNCC2)c1. The molecule has 0 aliphatic carbocycles. The average molecular weight is 178 g/mol. The molecule has 0 aromatic carbocycles. The van der Waals surface area contributed by atoms with Crippen LogP contribution >= 0.6 is 0 Å². The summed E-state index contributed by atoms with van der Waals surface area (Å²) < 4.78 is 0.886. The average Bonchev–Trinajstić information content (AvgIpc) is 2.19. The van der Waals surface area contributed by atoms with Crippen LogP contribution in [0.15, 0.2) is 24.5 Å². The van der Waals surface area contributed by atoms with Crippen molar-refractivity contribution in [1.82, 2.24) is 5.32 Å². The third-order valence-corrected chi connectivity index (χ3v) is 2.61. The third-order valence-electron chi connectivity index (χ3n) is 2.61. The molecule has 0 atom stereocenters. The normalized spacial score (nSPS) is 18.8. The molecule has 1 N–H and O–H groups in total. The zero-order valence-electron chi connectivity index (χ0n) is 7.57. The van der Waals surface area contributed by atoms with E-state index in [1.807, 2.05) is 12.1 Å². The molecule has 0 radical (unpaired) electrons. The summed E-state index contributed by atoms with van der Waals surface area (Å²) in [5.41, 5.74) is 1.18. The van der Waals surface area contributed by atoms with Crippen molar-refractivity contribution in [2.75, 3.05) is 13.1 Å². The van der Waals surface area contributed by atoms with Crippen LogP contribution in [0.5, 0.6) is 0 Å². The number of pyridine rings is 1. The summed E-state index contributed by atoms with van der Waals surface area (Å²) in [7, 11) is 0. The van der Waals surface area contributed by atoms with E-state index >= 15 is 0 Å². The summed E-state index contributed by atoms with van der Waals surface area (Å²) in [6.45, 7) is 2.14. The van der Waals surface area contributed by atoms with Gasteiger partial charge < -0.3 is 10.5 Å². The molecule has 70 valence electrons. The van der Waals surface area contributed by atoms with Gasteiger partial charge in [0.15, 0.2) is 12.4 Å². The summed E-state index contributed by atoms with van der Waals surface area (Å²) in [5.74, 6) is 0.572. The van der Waals surface area contributed by atoms with Crippen molar-refractivity contribution in [1.29, 1.82) is 0 Å². The van der Waals surface area contributed by atoms with Crippen LogP contribution in [0.1, 0.15) is 24.3 Å². The Morgan fingerprint density at radius 2 is 2.15 bits per heavy atom. The molecule has 1 fully saturated rings. The Bertz CT molecular complexity index is 282. The van der Waals surface area contributed by atoms with Gasteiger partial charge in [0, 0.05) is 11.6 Å². The third kappa shape index (κ3) is 1.98. The molecule has 0 amide bonds. The Labute approximate surface area is 78.0 Å². The Morgan fingerprint density at radius 3 is 2.85 bits per heavy atom. The first-order chi connectivity index (χ1) is 6.36. The van der Waals surface area contributed by atoms with Crippen molar-refractivity contribution in [2.45, 2.75) is 18.8 Å². The van der Waals surface area contributed by atoms with Crippen LogP contribution in [-0.4, -0.2) is 13.1 Å². The Kier molecular flexibility index (Phi) is 2.45. The van der Waals surface area contributed by atoms with E-state index in [9.17, 15) is 5.21 Å². The fourth-order valence-electron chi connectivity index (χ4n) is 1.87. The summed E-state index contributed by atoms with van der Waals surface area (Å²) in [6, 6.07) is 3.87.